The Morgan fingerprint density at radius 2 is 1.70 bits per heavy atom. The van der Waals surface area contributed by atoms with Gasteiger partial charge < -0.3 is 26.4 Å². The van der Waals surface area contributed by atoms with Crippen LogP contribution in [0.5, 0.6) is 0 Å². The smallest absolute Gasteiger partial charge is 0.254 e. The maximum Gasteiger partial charge on any atom is 0.254 e. The summed E-state index contributed by atoms with van der Waals surface area (Å²) in [7, 11) is 0. The minimum absolute atomic E-state index is 0.0414. The van der Waals surface area contributed by atoms with E-state index >= 15 is 0 Å². The van der Waals surface area contributed by atoms with Gasteiger partial charge in [0.25, 0.3) is 11.8 Å². The second-order valence-corrected chi connectivity index (χ2v) is 11.1. The quantitative estimate of drug-likeness (QED) is 0.257. The molecular formula is C33H38F2N4O4. The van der Waals surface area contributed by atoms with Gasteiger partial charge in [0.1, 0.15) is 17.7 Å². The van der Waals surface area contributed by atoms with E-state index in [1.807, 2.05) is 18.2 Å². The second-order valence-electron chi connectivity index (χ2n) is 11.1. The number of hydrogen-bond donors (Lipinski definition) is 4. The standard InChI is InChI=1S/C33H38F2N4O4/c1-3-21-6-4-7-22(12-21)18-37-19-30(40)28(15-23-13-26(34)17-27(35)14-23)38-32(42)24-10-20(2)11-25(16-24)33(43)39-9-5-8-29(39)31(36)41/h4,6-7,10-14,16-17,28-30,37,40H,3,5,8-9,15,18-19H2,1-2H3,(H2,36,41)(H,38,42)/t28-,29-,30-/m0/s1. The van der Waals surface area contributed by atoms with Gasteiger partial charge in [0.05, 0.1) is 12.1 Å². The first-order valence-electron chi connectivity index (χ1n) is 14.5. The van der Waals surface area contributed by atoms with Crippen LogP contribution in [-0.2, 0) is 24.2 Å². The highest BCUT2D eigenvalue weighted by Crippen LogP contribution is 2.22. The zero-order valence-electron chi connectivity index (χ0n) is 24.4. The molecule has 1 fully saturated rings. The highest BCUT2D eigenvalue weighted by Gasteiger charge is 2.33. The van der Waals surface area contributed by atoms with Crippen molar-refractivity contribution in [3.05, 3.63) is 106 Å². The van der Waals surface area contributed by atoms with Crippen LogP contribution in [0.15, 0.2) is 60.7 Å². The fourth-order valence-corrected chi connectivity index (χ4v) is 5.49. The molecule has 3 aromatic rings. The van der Waals surface area contributed by atoms with Crippen LogP contribution < -0.4 is 16.4 Å². The number of nitrogens with zero attached hydrogens (tertiary/aromatic N) is 1. The molecule has 8 nitrogen and oxygen atoms in total. The fraction of sp³-hybridized carbons (Fsp3) is 0.364. The zero-order chi connectivity index (χ0) is 31.1. The molecule has 43 heavy (non-hydrogen) atoms. The molecule has 1 aliphatic rings. The summed E-state index contributed by atoms with van der Waals surface area (Å²) in [5.41, 5.74) is 9.02. The molecule has 1 aliphatic heterocycles. The lowest BCUT2D eigenvalue weighted by atomic mass is 9.99. The van der Waals surface area contributed by atoms with Crippen LogP contribution in [0.4, 0.5) is 8.78 Å². The van der Waals surface area contributed by atoms with Crippen molar-refractivity contribution >= 4 is 17.7 Å². The molecule has 0 aromatic heterocycles. The number of nitrogens with one attached hydrogen (secondary N) is 2. The van der Waals surface area contributed by atoms with Gasteiger partial charge in [-0.1, -0.05) is 31.2 Å². The Labute approximate surface area is 250 Å². The van der Waals surface area contributed by atoms with Crippen molar-refractivity contribution in [3.8, 4) is 0 Å². The van der Waals surface area contributed by atoms with Gasteiger partial charge in [-0.3, -0.25) is 14.4 Å². The van der Waals surface area contributed by atoms with Crippen molar-refractivity contribution in [2.24, 2.45) is 5.73 Å². The van der Waals surface area contributed by atoms with Crippen LogP contribution >= 0.6 is 0 Å². The summed E-state index contributed by atoms with van der Waals surface area (Å²) in [6, 6.07) is 14.2. The molecule has 3 amide bonds. The number of aliphatic hydroxyl groups is 1. The Bertz CT molecular complexity index is 1460. The Morgan fingerprint density at radius 3 is 2.40 bits per heavy atom. The van der Waals surface area contributed by atoms with Gasteiger partial charge in [-0.2, -0.15) is 0 Å². The third-order valence-electron chi connectivity index (χ3n) is 7.67. The summed E-state index contributed by atoms with van der Waals surface area (Å²) in [5.74, 6) is -3.07. The van der Waals surface area contributed by atoms with Gasteiger partial charge in [-0.05, 0) is 85.2 Å². The van der Waals surface area contributed by atoms with Crippen LogP contribution in [-0.4, -0.2) is 59.0 Å². The summed E-state index contributed by atoms with van der Waals surface area (Å²) in [5, 5.41) is 17.1. The number of primary amides is 1. The van der Waals surface area contributed by atoms with Crippen LogP contribution in [0.1, 0.15) is 62.7 Å². The monoisotopic (exact) mass is 592 g/mol. The number of halogens is 2. The summed E-state index contributed by atoms with van der Waals surface area (Å²) < 4.78 is 27.9. The molecule has 0 unspecified atom stereocenters. The van der Waals surface area contributed by atoms with E-state index in [9.17, 15) is 28.3 Å². The Balaban J connectivity index is 1.52. The van der Waals surface area contributed by atoms with E-state index in [-0.39, 0.29) is 29.7 Å². The van der Waals surface area contributed by atoms with Gasteiger partial charge in [-0.25, -0.2) is 8.78 Å². The third kappa shape index (κ3) is 8.46. The lowest BCUT2D eigenvalue weighted by Crippen LogP contribution is -2.48. The molecule has 1 heterocycles. The summed E-state index contributed by atoms with van der Waals surface area (Å²) in [4.78, 5) is 40.0. The van der Waals surface area contributed by atoms with Gasteiger partial charge in [0.2, 0.25) is 5.91 Å². The van der Waals surface area contributed by atoms with Gasteiger partial charge in [0, 0.05) is 36.8 Å². The number of rotatable bonds is 12. The molecule has 5 N–H and O–H groups in total. The Hall–Kier alpha value is -4.15. The lowest BCUT2D eigenvalue weighted by Gasteiger charge is -2.25. The van der Waals surface area contributed by atoms with Crippen molar-refractivity contribution in [1.29, 1.82) is 0 Å². The first kappa shape index (κ1) is 31.8. The van der Waals surface area contributed by atoms with Crippen molar-refractivity contribution in [2.75, 3.05) is 13.1 Å². The zero-order valence-corrected chi connectivity index (χ0v) is 24.4. The number of aryl methyl sites for hydroxylation is 2. The predicted molar refractivity (Wildman–Crippen MR) is 159 cm³/mol. The molecule has 0 bridgehead atoms. The van der Waals surface area contributed by atoms with Crippen molar-refractivity contribution in [1.82, 2.24) is 15.5 Å². The predicted octanol–water partition coefficient (Wildman–Crippen LogP) is 3.42. The molecule has 0 spiro atoms. The SMILES string of the molecule is CCc1cccc(CNC[C@H](O)[C@H](Cc2cc(F)cc(F)c2)NC(=O)c2cc(C)cc(C(=O)N3CCC[C@H]3C(N)=O)c2)c1. The highest BCUT2D eigenvalue weighted by atomic mass is 19.1. The maximum atomic E-state index is 14.0. The van der Waals surface area contributed by atoms with Crippen LogP contribution in [0.25, 0.3) is 0 Å². The first-order chi connectivity index (χ1) is 20.5. The minimum atomic E-state index is -1.11. The van der Waals surface area contributed by atoms with E-state index in [1.54, 1.807) is 19.1 Å². The van der Waals surface area contributed by atoms with E-state index in [4.69, 9.17) is 5.73 Å². The van der Waals surface area contributed by atoms with E-state index in [0.29, 0.717) is 31.5 Å². The third-order valence-corrected chi connectivity index (χ3v) is 7.67. The highest BCUT2D eigenvalue weighted by molar-refractivity contribution is 6.01. The number of aliphatic hydroxyl groups excluding tert-OH is 1. The van der Waals surface area contributed by atoms with Crippen LogP contribution in [0, 0.1) is 18.6 Å². The number of hydrogen-bond acceptors (Lipinski definition) is 5. The summed E-state index contributed by atoms with van der Waals surface area (Å²) >= 11 is 0. The van der Waals surface area contributed by atoms with Gasteiger partial charge >= 0.3 is 0 Å². The molecule has 3 aromatic carbocycles. The van der Waals surface area contributed by atoms with Crippen molar-refractivity contribution in [3.63, 3.8) is 0 Å². The maximum absolute atomic E-state index is 14.0. The van der Waals surface area contributed by atoms with E-state index < -0.39 is 47.5 Å². The van der Waals surface area contributed by atoms with Crippen LogP contribution in [0.2, 0.25) is 0 Å². The Kier molecular flexibility index (Phi) is 10.6. The molecule has 0 aliphatic carbocycles. The molecule has 10 heteroatoms. The number of carbonyl (C=O) groups excluding carboxylic acids is 3. The topological polar surface area (TPSA) is 125 Å². The van der Waals surface area contributed by atoms with Gasteiger partial charge in [-0.15, -0.1) is 0 Å². The van der Waals surface area contributed by atoms with E-state index in [0.717, 1.165) is 30.2 Å². The van der Waals surface area contributed by atoms with Crippen molar-refractivity contribution in [2.45, 2.75) is 64.3 Å². The number of benzene rings is 3. The van der Waals surface area contributed by atoms with Crippen molar-refractivity contribution < 1.29 is 28.3 Å². The lowest BCUT2D eigenvalue weighted by molar-refractivity contribution is -0.121. The summed E-state index contributed by atoms with van der Waals surface area (Å²) in [6.07, 6.45) is 0.872. The van der Waals surface area contributed by atoms with E-state index in [1.165, 1.54) is 16.5 Å². The molecule has 0 saturated carbocycles. The van der Waals surface area contributed by atoms with E-state index in [2.05, 4.69) is 23.6 Å². The first-order valence-corrected chi connectivity index (χ1v) is 14.5. The Morgan fingerprint density at radius 1 is 1.00 bits per heavy atom. The molecule has 1 saturated heterocycles. The number of likely N-dealkylation sites (tertiary alicyclic amines) is 1. The summed E-state index contributed by atoms with van der Waals surface area (Å²) in [6.45, 7) is 4.76. The number of nitrogens with two attached hydrogens (primary N) is 1. The number of amides is 3. The molecule has 0 radical (unpaired) electrons. The van der Waals surface area contributed by atoms with Gasteiger partial charge in [0.15, 0.2) is 0 Å². The second kappa shape index (κ2) is 14.3. The molecular weight excluding hydrogens is 554 g/mol. The molecule has 228 valence electrons. The average molecular weight is 593 g/mol. The molecule has 4 rings (SSSR count). The normalized spacial score (nSPS) is 16.1. The number of carbonyl (C=O) groups is 3. The minimum Gasteiger partial charge on any atom is -0.390 e. The van der Waals surface area contributed by atoms with Crippen LogP contribution in [0.3, 0.4) is 0 Å². The molecule has 3 atom stereocenters. The average Bonchev–Trinajstić information content (AvgIpc) is 3.46. The fourth-order valence-electron chi connectivity index (χ4n) is 5.49. The largest absolute Gasteiger partial charge is 0.390 e.